The van der Waals surface area contributed by atoms with E-state index in [-0.39, 0.29) is 12.3 Å². The molecule has 0 aliphatic rings. The summed E-state index contributed by atoms with van der Waals surface area (Å²) in [5.41, 5.74) is 4.77. The van der Waals surface area contributed by atoms with Crippen LogP contribution in [0, 0.1) is 0 Å². The second-order valence-corrected chi connectivity index (χ2v) is 8.76. The predicted octanol–water partition coefficient (Wildman–Crippen LogP) is 6.49. The number of benzene rings is 3. The first kappa shape index (κ1) is 20.5. The van der Waals surface area contributed by atoms with Crippen molar-refractivity contribution in [3.63, 3.8) is 0 Å². The van der Waals surface area contributed by atoms with Crippen molar-refractivity contribution in [2.45, 2.75) is 13.0 Å². The molecule has 0 saturated carbocycles. The number of hydrogen-bond acceptors (Lipinski definition) is 3. The summed E-state index contributed by atoms with van der Waals surface area (Å²) in [6.07, 6.45) is 2.28. The van der Waals surface area contributed by atoms with Crippen molar-refractivity contribution < 1.29 is 4.79 Å². The standard InChI is InChI=1S/C26H20ClN3OS/c27-21-13-11-20(12-14-21)24-17-30-23(18-32-26(30)28-24)15-25(31)29(22-9-5-2-6-10-22)16-19-7-3-1-4-8-19/h1-14,17-18H,15-16H2. The van der Waals surface area contributed by atoms with Gasteiger partial charge in [-0.15, -0.1) is 11.3 Å². The van der Waals surface area contributed by atoms with E-state index in [1.807, 2.05) is 106 Å². The van der Waals surface area contributed by atoms with E-state index >= 15 is 0 Å². The Balaban J connectivity index is 1.43. The molecule has 0 unspecified atom stereocenters. The fraction of sp³-hybridized carbons (Fsp3) is 0.0769. The monoisotopic (exact) mass is 457 g/mol. The van der Waals surface area contributed by atoms with E-state index in [2.05, 4.69) is 0 Å². The lowest BCUT2D eigenvalue weighted by Gasteiger charge is -2.23. The largest absolute Gasteiger partial charge is 0.308 e. The SMILES string of the molecule is O=C(Cc1csc2nc(-c3ccc(Cl)cc3)cn12)N(Cc1ccccc1)c1ccccc1. The van der Waals surface area contributed by atoms with Crippen LogP contribution in [0.15, 0.2) is 96.5 Å². The number of halogens is 1. The summed E-state index contributed by atoms with van der Waals surface area (Å²) in [6, 6.07) is 27.5. The van der Waals surface area contributed by atoms with E-state index in [1.165, 1.54) is 0 Å². The highest BCUT2D eigenvalue weighted by molar-refractivity contribution is 7.15. The van der Waals surface area contributed by atoms with Gasteiger partial charge in [0.1, 0.15) is 0 Å². The van der Waals surface area contributed by atoms with Crippen LogP contribution in [0.5, 0.6) is 0 Å². The lowest BCUT2D eigenvalue weighted by Crippen LogP contribution is -2.32. The number of carbonyl (C=O) groups is 1. The Kier molecular flexibility index (Phi) is 5.75. The molecule has 5 rings (SSSR count). The van der Waals surface area contributed by atoms with Crippen LogP contribution in [0.4, 0.5) is 5.69 Å². The third kappa shape index (κ3) is 4.31. The van der Waals surface area contributed by atoms with Gasteiger partial charge in [0.15, 0.2) is 4.96 Å². The molecule has 0 bridgehead atoms. The Morgan fingerprint density at radius 3 is 2.34 bits per heavy atom. The van der Waals surface area contributed by atoms with Gasteiger partial charge in [0.05, 0.1) is 18.7 Å². The Labute approximate surface area is 195 Å². The molecule has 2 heterocycles. The first-order valence-corrected chi connectivity index (χ1v) is 11.5. The van der Waals surface area contributed by atoms with E-state index in [4.69, 9.17) is 16.6 Å². The van der Waals surface area contributed by atoms with Crippen molar-refractivity contribution in [1.82, 2.24) is 9.38 Å². The Morgan fingerprint density at radius 1 is 0.938 bits per heavy atom. The highest BCUT2D eigenvalue weighted by Gasteiger charge is 2.19. The van der Waals surface area contributed by atoms with E-state index in [0.29, 0.717) is 11.6 Å². The van der Waals surface area contributed by atoms with Crippen LogP contribution < -0.4 is 4.90 Å². The molecular weight excluding hydrogens is 438 g/mol. The molecule has 0 fully saturated rings. The number of imidazole rings is 1. The maximum Gasteiger partial charge on any atom is 0.233 e. The second kappa shape index (κ2) is 8.99. The molecule has 6 heteroatoms. The fourth-order valence-corrected chi connectivity index (χ4v) is 4.66. The Hall–Kier alpha value is -3.41. The van der Waals surface area contributed by atoms with Gasteiger partial charge in [0.2, 0.25) is 5.91 Å². The van der Waals surface area contributed by atoms with Crippen molar-refractivity contribution in [3.8, 4) is 11.3 Å². The number of carbonyl (C=O) groups excluding carboxylic acids is 1. The molecular formula is C26H20ClN3OS. The average Bonchev–Trinajstić information content (AvgIpc) is 3.41. The van der Waals surface area contributed by atoms with Crippen LogP contribution in [0.2, 0.25) is 5.02 Å². The summed E-state index contributed by atoms with van der Waals surface area (Å²) in [5, 5.41) is 2.71. The quantitative estimate of drug-likeness (QED) is 0.292. The smallest absolute Gasteiger partial charge is 0.233 e. The molecule has 5 aromatic rings. The van der Waals surface area contributed by atoms with E-state index < -0.39 is 0 Å². The summed E-state index contributed by atoms with van der Waals surface area (Å²) < 4.78 is 2.01. The van der Waals surface area contributed by atoms with Gasteiger partial charge >= 0.3 is 0 Å². The van der Waals surface area contributed by atoms with E-state index in [9.17, 15) is 4.79 Å². The van der Waals surface area contributed by atoms with Crippen LogP contribution in [0.1, 0.15) is 11.3 Å². The third-order valence-electron chi connectivity index (χ3n) is 5.31. The average molecular weight is 458 g/mol. The molecule has 0 atom stereocenters. The van der Waals surface area contributed by atoms with Crippen LogP contribution in [0.3, 0.4) is 0 Å². The third-order valence-corrected chi connectivity index (χ3v) is 6.45. The second-order valence-electron chi connectivity index (χ2n) is 7.49. The molecule has 0 aliphatic heterocycles. The maximum absolute atomic E-state index is 13.5. The van der Waals surface area contributed by atoms with Gasteiger partial charge in [0.25, 0.3) is 0 Å². The molecule has 0 N–H and O–H groups in total. The number of hydrogen-bond donors (Lipinski definition) is 0. The topological polar surface area (TPSA) is 37.6 Å². The van der Waals surface area contributed by atoms with Gasteiger partial charge in [-0.3, -0.25) is 9.20 Å². The summed E-state index contributed by atoms with van der Waals surface area (Å²) in [5.74, 6) is 0.0431. The normalized spacial score (nSPS) is 11.0. The number of anilines is 1. The van der Waals surface area contributed by atoms with E-state index in [1.54, 1.807) is 11.3 Å². The highest BCUT2D eigenvalue weighted by Crippen LogP contribution is 2.26. The molecule has 0 aliphatic carbocycles. The lowest BCUT2D eigenvalue weighted by molar-refractivity contribution is -0.118. The molecule has 4 nitrogen and oxygen atoms in total. The van der Waals surface area contributed by atoms with Gasteiger partial charge in [0, 0.05) is 33.5 Å². The number of nitrogens with zero attached hydrogens (tertiary/aromatic N) is 3. The van der Waals surface area contributed by atoms with Gasteiger partial charge in [-0.05, 0) is 29.8 Å². The van der Waals surface area contributed by atoms with Crippen molar-refractivity contribution in [1.29, 1.82) is 0 Å². The van der Waals surface area contributed by atoms with Crippen LogP contribution in [-0.2, 0) is 17.8 Å². The summed E-state index contributed by atoms with van der Waals surface area (Å²) in [4.78, 5) is 20.9. The number of rotatable bonds is 6. The number of fused-ring (bicyclic) bond motifs is 1. The molecule has 3 aromatic carbocycles. The zero-order chi connectivity index (χ0) is 21.9. The Morgan fingerprint density at radius 2 is 1.62 bits per heavy atom. The van der Waals surface area contributed by atoms with Crippen molar-refractivity contribution in [3.05, 3.63) is 113 Å². The highest BCUT2D eigenvalue weighted by atomic mass is 35.5. The number of amides is 1. The number of para-hydroxylation sites is 1. The minimum atomic E-state index is 0.0431. The summed E-state index contributed by atoms with van der Waals surface area (Å²) >= 11 is 7.55. The van der Waals surface area contributed by atoms with Crippen molar-refractivity contribution in [2.75, 3.05) is 4.90 Å². The Bertz CT molecular complexity index is 1340. The van der Waals surface area contributed by atoms with Gasteiger partial charge in [-0.25, -0.2) is 4.98 Å². The van der Waals surface area contributed by atoms with Crippen LogP contribution in [-0.4, -0.2) is 15.3 Å². The van der Waals surface area contributed by atoms with Gasteiger partial charge in [-0.2, -0.15) is 0 Å². The molecule has 158 valence electrons. The fourth-order valence-electron chi connectivity index (χ4n) is 3.66. The molecule has 0 spiro atoms. The van der Waals surface area contributed by atoms with Gasteiger partial charge < -0.3 is 4.90 Å². The minimum Gasteiger partial charge on any atom is -0.308 e. The summed E-state index contributed by atoms with van der Waals surface area (Å²) in [7, 11) is 0. The zero-order valence-corrected chi connectivity index (χ0v) is 18.8. The molecule has 0 saturated heterocycles. The van der Waals surface area contributed by atoms with Crippen molar-refractivity contribution >= 4 is 39.5 Å². The van der Waals surface area contributed by atoms with Gasteiger partial charge in [-0.1, -0.05) is 72.3 Å². The molecule has 0 radical (unpaired) electrons. The van der Waals surface area contributed by atoms with E-state index in [0.717, 1.165) is 33.2 Å². The summed E-state index contributed by atoms with van der Waals surface area (Å²) in [6.45, 7) is 0.525. The number of aromatic nitrogens is 2. The molecule has 1 amide bonds. The first-order chi connectivity index (χ1) is 15.7. The first-order valence-electron chi connectivity index (χ1n) is 10.3. The number of thiazole rings is 1. The lowest BCUT2D eigenvalue weighted by atomic mass is 10.1. The van der Waals surface area contributed by atoms with Crippen LogP contribution in [0.25, 0.3) is 16.2 Å². The maximum atomic E-state index is 13.5. The molecule has 32 heavy (non-hydrogen) atoms. The predicted molar refractivity (Wildman–Crippen MR) is 131 cm³/mol. The minimum absolute atomic E-state index is 0.0431. The molecule has 2 aromatic heterocycles. The van der Waals surface area contributed by atoms with Crippen LogP contribution >= 0.6 is 22.9 Å². The zero-order valence-electron chi connectivity index (χ0n) is 17.2. The van der Waals surface area contributed by atoms with Crippen molar-refractivity contribution in [2.24, 2.45) is 0 Å².